The van der Waals surface area contributed by atoms with E-state index in [4.69, 9.17) is 28.9 Å². The predicted octanol–water partition coefficient (Wildman–Crippen LogP) is 4.43. The van der Waals surface area contributed by atoms with Gasteiger partial charge in [0.05, 0.1) is 0 Å². The van der Waals surface area contributed by atoms with Crippen LogP contribution >= 0.6 is 23.2 Å². The van der Waals surface area contributed by atoms with Gasteiger partial charge in [-0.3, -0.25) is 0 Å². The highest BCUT2D eigenvalue weighted by atomic mass is 35.5. The fraction of sp³-hybridized carbons (Fsp3) is 0.500. The first kappa shape index (κ1) is 12.8. The largest absolute Gasteiger partial charge is 0.324 e. The van der Waals surface area contributed by atoms with Crippen molar-refractivity contribution in [2.75, 3.05) is 0 Å². The third-order valence-corrected chi connectivity index (χ3v) is 3.25. The molecule has 2 N–H and O–H groups in total. The molecule has 0 saturated heterocycles. The summed E-state index contributed by atoms with van der Waals surface area (Å²) in [7, 11) is 0. The monoisotopic (exact) mass is 245 g/mol. The molecule has 0 amide bonds. The molecule has 1 aromatic rings. The van der Waals surface area contributed by atoms with Gasteiger partial charge in [-0.15, -0.1) is 0 Å². The first-order valence-corrected chi connectivity index (χ1v) is 6.02. The van der Waals surface area contributed by atoms with Gasteiger partial charge in [0.1, 0.15) is 0 Å². The molecule has 84 valence electrons. The minimum atomic E-state index is -0.0313. The molecule has 15 heavy (non-hydrogen) atoms. The number of halogens is 2. The van der Waals surface area contributed by atoms with Crippen LogP contribution in [0.1, 0.15) is 38.3 Å². The van der Waals surface area contributed by atoms with Crippen molar-refractivity contribution in [2.45, 2.75) is 32.7 Å². The number of rotatable bonds is 4. The number of hydrogen-bond donors (Lipinski definition) is 1. The van der Waals surface area contributed by atoms with E-state index in [9.17, 15) is 0 Å². The molecular weight excluding hydrogens is 229 g/mol. The Bertz CT molecular complexity index is 325. The standard InChI is InChI=1S/C12H17Cl2N/c1-3-4-8(2)12(15)10-7-9(13)5-6-11(10)14/h5-8,12H,3-4,15H2,1-2H3. The zero-order valence-corrected chi connectivity index (χ0v) is 10.6. The van der Waals surface area contributed by atoms with Crippen molar-refractivity contribution in [2.24, 2.45) is 11.7 Å². The van der Waals surface area contributed by atoms with Crippen molar-refractivity contribution in [1.29, 1.82) is 0 Å². The van der Waals surface area contributed by atoms with E-state index in [1.165, 1.54) is 0 Å². The number of hydrogen-bond acceptors (Lipinski definition) is 1. The summed E-state index contributed by atoms with van der Waals surface area (Å²) in [6.07, 6.45) is 2.23. The summed E-state index contributed by atoms with van der Waals surface area (Å²) in [5.41, 5.74) is 7.10. The van der Waals surface area contributed by atoms with Crippen LogP contribution in [-0.4, -0.2) is 0 Å². The summed E-state index contributed by atoms with van der Waals surface area (Å²) in [6, 6.07) is 5.42. The van der Waals surface area contributed by atoms with Crippen LogP contribution in [0.4, 0.5) is 0 Å². The molecule has 0 radical (unpaired) electrons. The minimum absolute atomic E-state index is 0.0313. The highest BCUT2D eigenvalue weighted by molar-refractivity contribution is 6.33. The molecule has 0 aromatic heterocycles. The lowest BCUT2D eigenvalue weighted by molar-refractivity contribution is 0.434. The summed E-state index contributed by atoms with van der Waals surface area (Å²) in [4.78, 5) is 0. The van der Waals surface area contributed by atoms with E-state index in [0.717, 1.165) is 18.4 Å². The first-order valence-electron chi connectivity index (χ1n) is 5.26. The van der Waals surface area contributed by atoms with Gasteiger partial charge in [0.2, 0.25) is 0 Å². The lowest BCUT2D eigenvalue weighted by Crippen LogP contribution is -2.19. The zero-order valence-electron chi connectivity index (χ0n) is 9.13. The topological polar surface area (TPSA) is 26.0 Å². The zero-order chi connectivity index (χ0) is 11.4. The molecule has 2 unspecified atom stereocenters. The predicted molar refractivity (Wildman–Crippen MR) is 67.5 cm³/mol. The molecule has 2 atom stereocenters. The van der Waals surface area contributed by atoms with E-state index in [-0.39, 0.29) is 6.04 Å². The van der Waals surface area contributed by atoms with Crippen molar-refractivity contribution in [3.63, 3.8) is 0 Å². The maximum atomic E-state index is 6.15. The lowest BCUT2D eigenvalue weighted by Gasteiger charge is -2.21. The Morgan fingerprint density at radius 3 is 2.60 bits per heavy atom. The van der Waals surface area contributed by atoms with Crippen LogP contribution in [0.5, 0.6) is 0 Å². The fourth-order valence-electron chi connectivity index (χ4n) is 1.71. The molecule has 1 nitrogen and oxygen atoms in total. The molecule has 1 rings (SSSR count). The lowest BCUT2D eigenvalue weighted by atomic mass is 9.92. The smallest absolute Gasteiger partial charge is 0.0454 e. The number of nitrogens with two attached hydrogens (primary N) is 1. The van der Waals surface area contributed by atoms with Gasteiger partial charge < -0.3 is 5.73 Å². The SMILES string of the molecule is CCCC(C)C(N)c1cc(Cl)ccc1Cl. The van der Waals surface area contributed by atoms with Crippen LogP contribution in [0.2, 0.25) is 10.0 Å². The minimum Gasteiger partial charge on any atom is -0.324 e. The second-order valence-electron chi connectivity index (χ2n) is 3.96. The van der Waals surface area contributed by atoms with Gasteiger partial charge >= 0.3 is 0 Å². The molecule has 0 aliphatic heterocycles. The highest BCUT2D eigenvalue weighted by Crippen LogP contribution is 2.30. The van der Waals surface area contributed by atoms with E-state index < -0.39 is 0 Å². The second-order valence-corrected chi connectivity index (χ2v) is 4.80. The van der Waals surface area contributed by atoms with Crippen molar-refractivity contribution in [1.82, 2.24) is 0 Å². The van der Waals surface area contributed by atoms with Gasteiger partial charge in [-0.25, -0.2) is 0 Å². The Kier molecular flexibility index (Phi) is 4.91. The fourth-order valence-corrected chi connectivity index (χ4v) is 2.14. The van der Waals surface area contributed by atoms with E-state index in [1.807, 2.05) is 6.07 Å². The molecular formula is C12H17Cl2N. The van der Waals surface area contributed by atoms with Crippen LogP contribution in [-0.2, 0) is 0 Å². The highest BCUT2D eigenvalue weighted by Gasteiger charge is 2.16. The van der Waals surface area contributed by atoms with E-state index >= 15 is 0 Å². The van der Waals surface area contributed by atoms with Crippen LogP contribution in [0.25, 0.3) is 0 Å². The van der Waals surface area contributed by atoms with Crippen molar-refractivity contribution in [3.8, 4) is 0 Å². The van der Waals surface area contributed by atoms with E-state index in [2.05, 4.69) is 13.8 Å². The van der Waals surface area contributed by atoms with Crippen LogP contribution in [0, 0.1) is 5.92 Å². The average molecular weight is 246 g/mol. The van der Waals surface area contributed by atoms with Gasteiger partial charge in [-0.1, -0.05) is 43.5 Å². The van der Waals surface area contributed by atoms with Gasteiger partial charge in [0, 0.05) is 16.1 Å². The van der Waals surface area contributed by atoms with Crippen LogP contribution in [0.15, 0.2) is 18.2 Å². The molecule has 0 aliphatic carbocycles. The quantitative estimate of drug-likeness (QED) is 0.835. The molecule has 0 heterocycles. The molecule has 1 aromatic carbocycles. The van der Waals surface area contributed by atoms with Gasteiger partial charge in [-0.2, -0.15) is 0 Å². The van der Waals surface area contributed by atoms with Gasteiger partial charge in [0.25, 0.3) is 0 Å². The summed E-state index contributed by atoms with van der Waals surface area (Å²) in [6.45, 7) is 4.30. The summed E-state index contributed by atoms with van der Waals surface area (Å²) in [5.74, 6) is 0.422. The Morgan fingerprint density at radius 2 is 2.00 bits per heavy atom. The Morgan fingerprint density at radius 1 is 1.33 bits per heavy atom. The maximum absolute atomic E-state index is 6.15. The van der Waals surface area contributed by atoms with E-state index in [1.54, 1.807) is 12.1 Å². The summed E-state index contributed by atoms with van der Waals surface area (Å²) in [5, 5.41) is 1.39. The van der Waals surface area contributed by atoms with Crippen molar-refractivity contribution < 1.29 is 0 Å². The van der Waals surface area contributed by atoms with Crippen molar-refractivity contribution in [3.05, 3.63) is 33.8 Å². The average Bonchev–Trinajstić information content (AvgIpc) is 2.21. The van der Waals surface area contributed by atoms with Crippen LogP contribution in [0.3, 0.4) is 0 Å². The number of benzene rings is 1. The molecule has 0 saturated carbocycles. The normalized spacial score (nSPS) is 15.0. The van der Waals surface area contributed by atoms with Gasteiger partial charge in [-0.05, 0) is 36.1 Å². The van der Waals surface area contributed by atoms with Crippen LogP contribution < -0.4 is 5.73 Å². The Labute approximate surface area is 102 Å². The second kappa shape index (κ2) is 5.74. The molecule has 0 aliphatic rings. The maximum Gasteiger partial charge on any atom is 0.0454 e. The third-order valence-electron chi connectivity index (χ3n) is 2.67. The van der Waals surface area contributed by atoms with Crippen molar-refractivity contribution >= 4 is 23.2 Å². The van der Waals surface area contributed by atoms with Gasteiger partial charge in [0.15, 0.2) is 0 Å². The Balaban J connectivity index is 2.89. The van der Waals surface area contributed by atoms with E-state index in [0.29, 0.717) is 16.0 Å². The molecule has 0 fully saturated rings. The molecule has 3 heteroatoms. The molecule has 0 spiro atoms. The Hall–Kier alpha value is -0.240. The first-order chi connectivity index (χ1) is 7.06. The molecule has 0 bridgehead atoms. The summed E-state index contributed by atoms with van der Waals surface area (Å²) < 4.78 is 0. The summed E-state index contributed by atoms with van der Waals surface area (Å²) >= 11 is 12.0. The third kappa shape index (κ3) is 3.37.